The first-order valence-electron chi connectivity index (χ1n) is 14.4. The molecule has 0 radical (unpaired) electrons. The fourth-order valence-corrected chi connectivity index (χ4v) is 9.62. The smallest absolute Gasteiger partial charge is 0.320 e. The highest BCUT2D eigenvalue weighted by atomic mass is 28.4. The van der Waals surface area contributed by atoms with Crippen molar-refractivity contribution in [2.24, 2.45) is 45.8 Å². The van der Waals surface area contributed by atoms with Crippen molar-refractivity contribution >= 4 is 14.3 Å². The van der Waals surface area contributed by atoms with Crippen LogP contribution in [0.4, 0.5) is 0 Å². The first-order chi connectivity index (χ1) is 16.2. The number of ether oxygens (including phenoxy) is 2. The normalized spacial score (nSPS) is 49.4. The zero-order valence-electron chi connectivity index (χ0n) is 25.5. The number of rotatable bonds is 3. The van der Waals surface area contributed by atoms with Gasteiger partial charge < -0.3 is 13.9 Å². The van der Waals surface area contributed by atoms with Gasteiger partial charge in [-0.25, -0.2) is 0 Å². The number of carbonyl (C=O) groups is 1. The van der Waals surface area contributed by atoms with Crippen molar-refractivity contribution in [3.8, 4) is 0 Å². The van der Waals surface area contributed by atoms with Gasteiger partial charge in [0.15, 0.2) is 8.32 Å². The van der Waals surface area contributed by atoms with E-state index in [9.17, 15) is 4.79 Å². The van der Waals surface area contributed by atoms with Gasteiger partial charge >= 0.3 is 5.97 Å². The van der Waals surface area contributed by atoms with E-state index in [1.54, 1.807) is 7.11 Å². The van der Waals surface area contributed by atoms with Gasteiger partial charge in [-0.3, -0.25) is 4.79 Å². The zero-order chi connectivity index (χ0) is 27.3. The fourth-order valence-electron chi connectivity index (χ4n) is 8.28. The number of esters is 1. The van der Waals surface area contributed by atoms with Crippen LogP contribution in [-0.4, -0.2) is 34.1 Å². The highest BCUT2D eigenvalue weighted by Crippen LogP contribution is 2.71. The lowest BCUT2D eigenvalue weighted by Gasteiger charge is -2.68. The number of hydrogen-bond donors (Lipinski definition) is 0. The Kier molecular flexibility index (Phi) is 5.61. The molecule has 34 heavy (non-hydrogen) atoms. The molecule has 4 aliphatic rings. The molecule has 4 rings (SSSR count). The predicted molar refractivity (Wildman–Crippen MR) is 140 cm³/mol. The fraction of sp³-hybridized carbons (Fsp3) is 0.897. The van der Waals surface area contributed by atoms with Crippen molar-refractivity contribution in [3.63, 3.8) is 0 Å². The Labute approximate surface area is 212 Å². The summed E-state index contributed by atoms with van der Waals surface area (Å²) in [5, 5.41) is 0.0550. The maximum Gasteiger partial charge on any atom is 0.320 e. The van der Waals surface area contributed by atoms with Gasteiger partial charge in [0, 0.05) is 12.0 Å². The third kappa shape index (κ3) is 3.49. The number of cyclic esters (lactones) is 1. The first kappa shape index (κ1) is 23.6. The Morgan fingerprint density at radius 2 is 1.79 bits per heavy atom. The van der Waals surface area contributed by atoms with Crippen LogP contribution in [0.5, 0.6) is 0 Å². The summed E-state index contributed by atoms with van der Waals surface area (Å²) in [7, 11) is -0.501. The van der Waals surface area contributed by atoms with Crippen LogP contribution >= 0.6 is 0 Å². The van der Waals surface area contributed by atoms with Crippen LogP contribution in [0.2, 0.25) is 18.1 Å². The molecule has 1 saturated heterocycles. The van der Waals surface area contributed by atoms with Gasteiger partial charge in [-0.15, -0.1) is 0 Å². The van der Waals surface area contributed by atoms with Gasteiger partial charge in [0.05, 0.1) is 16.4 Å². The van der Waals surface area contributed by atoms with Crippen LogP contribution in [0.25, 0.3) is 0 Å². The van der Waals surface area contributed by atoms with E-state index >= 15 is 0 Å². The van der Waals surface area contributed by atoms with Crippen molar-refractivity contribution in [2.45, 2.75) is 105 Å². The molecule has 194 valence electrons. The van der Waals surface area contributed by atoms with E-state index in [0.717, 1.165) is 12.8 Å². The third-order valence-electron chi connectivity index (χ3n) is 11.3. The Hall–Kier alpha value is -0.813. The number of allylic oxidation sites excluding steroid dienone is 1. The lowest BCUT2D eigenvalue weighted by molar-refractivity contribution is -0.218. The summed E-state index contributed by atoms with van der Waals surface area (Å²) in [4.78, 5) is 13.6. The molecule has 9 atom stereocenters. The topological polar surface area (TPSA) is 44.8 Å². The maximum absolute atomic E-state index is 13.6. The molecule has 4 nitrogen and oxygen atoms in total. The standard InChI is InChI=1S/C29H50O4Si/c1-18-14-19(2)20-16-22(33-34(10,11)26(3,4)5)24-27(6,21(20)15-18)17-23(31-9)29(8)25(30)32-13-12-28(24,29)7/h17-22,24H,12-16H2,1-11H3/t18-,19+,20+,21+,22-,24-,27-,28-,29-/m0/s1/i13D2. The summed E-state index contributed by atoms with van der Waals surface area (Å²) < 4.78 is 36.0. The zero-order valence-corrected chi connectivity index (χ0v) is 24.5. The van der Waals surface area contributed by atoms with Crippen LogP contribution in [0.1, 0.15) is 83.8 Å². The summed E-state index contributed by atoms with van der Waals surface area (Å²) in [6.07, 6.45) is 5.71. The van der Waals surface area contributed by atoms with Gasteiger partial charge in [-0.05, 0) is 91.3 Å². The van der Waals surface area contributed by atoms with Crippen LogP contribution in [0.15, 0.2) is 11.8 Å². The van der Waals surface area contributed by atoms with E-state index in [4.69, 9.17) is 16.6 Å². The van der Waals surface area contributed by atoms with Gasteiger partial charge in [0.2, 0.25) is 0 Å². The molecular weight excluding hydrogens is 440 g/mol. The minimum absolute atomic E-state index is 0.0234. The second kappa shape index (κ2) is 8.10. The molecule has 0 aromatic carbocycles. The average molecular weight is 493 g/mol. The molecule has 1 heterocycles. The van der Waals surface area contributed by atoms with Gasteiger partial charge in [-0.1, -0.05) is 48.5 Å². The lowest BCUT2D eigenvalue weighted by atomic mass is 9.38. The number of fused-ring (bicyclic) bond motifs is 5. The Balaban J connectivity index is 1.97. The summed E-state index contributed by atoms with van der Waals surface area (Å²) in [6.45, 7) is 20.6. The third-order valence-corrected chi connectivity index (χ3v) is 15.8. The van der Waals surface area contributed by atoms with E-state index < -0.39 is 31.7 Å². The summed E-state index contributed by atoms with van der Waals surface area (Å²) in [6, 6.07) is 0. The van der Waals surface area contributed by atoms with Gasteiger partial charge in [-0.2, -0.15) is 0 Å². The number of methoxy groups -OCH3 is 1. The lowest BCUT2D eigenvalue weighted by Crippen LogP contribution is -2.68. The van der Waals surface area contributed by atoms with Crippen molar-refractivity contribution in [1.29, 1.82) is 0 Å². The number of carbonyl (C=O) groups excluding carboxylic acids is 1. The highest BCUT2D eigenvalue weighted by Gasteiger charge is 2.71. The molecule has 2 saturated carbocycles. The van der Waals surface area contributed by atoms with Crippen LogP contribution in [0, 0.1) is 45.8 Å². The Morgan fingerprint density at radius 3 is 2.38 bits per heavy atom. The van der Waals surface area contributed by atoms with Gasteiger partial charge in [0.25, 0.3) is 0 Å². The number of hydrogen-bond acceptors (Lipinski definition) is 4. The van der Waals surface area contributed by atoms with Crippen molar-refractivity contribution < 1.29 is 21.4 Å². The SMILES string of the molecule is [2H]C1([2H])C[C@@]2(C)[C@H]3[C@@H](O[Si](C)(C)C(C)(C)C)C[C@@H]4[C@H](C)C[C@H](C)C[C@H]4[C@]3(C)C=C(OC)[C@@]2(C)C(=O)O1. The van der Waals surface area contributed by atoms with Gasteiger partial charge in [0.1, 0.15) is 11.2 Å². The summed E-state index contributed by atoms with van der Waals surface area (Å²) >= 11 is 0. The molecule has 5 heteroatoms. The van der Waals surface area contributed by atoms with E-state index in [2.05, 4.69) is 67.6 Å². The second-order valence-electron chi connectivity index (χ2n) is 14.3. The molecular formula is C29H50O4Si. The predicted octanol–water partition coefficient (Wildman–Crippen LogP) is 7.20. The average Bonchev–Trinajstić information content (AvgIpc) is 2.68. The molecule has 0 bridgehead atoms. The molecule has 3 aliphatic carbocycles. The minimum Gasteiger partial charge on any atom is -0.500 e. The molecule has 0 spiro atoms. The van der Waals surface area contributed by atoms with E-state index in [1.165, 1.54) is 6.42 Å². The molecule has 1 aliphatic heterocycles. The monoisotopic (exact) mass is 492 g/mol. The molecule has 0 unspecified atom stereocenters. The van der Waals surface area contributed by atoms with E-state index in [-0.39, 0.29) is 28.9 Å². The van der Waals surface area contributed by atoms with Crippen molar-refractivity contribution in [3.05, 3.63) is 11.8 Å². The molecule has 0 aromatic rings. The van der Waals surface area contributed by atoms with E-state index in [1.807, 2.05) is 6.92 Å². The Morgan fingerprint density at radius 1 is 1.15 bits per heavy atom. The summed E-state index contributed by atoms with van der Waals surface area (Å²) in [5.74, 6) is 2.31. The Bertz CT molecular complexity index is 942. The van der Waals surface area contributed by atoms with Crippen LogP contribution in [-0.2, 0) is 18.7 Å². The van der Waals surface area contributed by atoms with Crippen molar-refractivity contribution in [1.82, 2.24) is 0 Å². The van der Waals surface area contributed by atoms with Crippen molar-refractivity contribution in [2.75, 3.05) is 13.7 Å². The first-order valence-corrected chi connectivity index (χ1v) is 16.3. The molecule has 0 aromatic heterocycles. The summed E-state index contributed by atoms with van der Waals surface area (Å²) in [5.41, 5.74) is -2.06. The molecule has 3 fully saturated rings. The quantitative estimate of drug-likeness (QED) is 0.308. The maximum atomic E-state index is 13.6. The molecule has 0 amide bonds. The van der Waals surface area contributed by atoms with E-state index in [0.29, 0.717) is 29.4 Å². The molecule has 0 N–H and O–H groups in total. The minimum atomic E-state index is -2.15. The van der Waals surface area contributed by atoms with Crippen LogP contribution < -0.4 is 0 Å². The van der Waals surface area contributed by atoms with Crippen LogP contribution in [0.3, 0.4) is 0 Å². The largest absolute Gasteiger partial charge is 0.500 e. The second-order valence-corrected chi connectivity index (χ2v) is 19.0. The highest BCUT2D eigenvalue weighted by molar-refractivity contribution is 6.74.